The lowest BCUT2D eigenvalue weighted by atomic mass is 9.94. The van der Waals surface area contributed by atoms with Gasteiger partial charge in [0.1, 0.15) is 11.5 Å². The minimum atomic E-state index is 0.869. The molecule has 0 N–H and O–H groups in total. The van der Waals surface area contributed by atoms with E-state index < -0.39 is 0 Å². The van der Waals surface area contributed by atoms with Crippen molar-refractivity contribution in [1.82, 2.24) is 0 Å². The summed E-state index contributed by atoms with van der Waals surface area (Å²) >= 11 is 0. The van der Waals surface area contributed by atoms with Gasteiger partial charge in [-0.2, -0.15) is 0 Å². The third kappa shape index (κ3) is 2.37. The van der Waals surface area contributed by atoms with Crippen LogP contribution >= 0.6 is 0 Å². The van der Waals surface area contributed by atoms with Crippen LogP contribution in [0, 0.1) is 0 Å². The summed E-state index contributed by atoms with van der Waals surface area (Å²) in [6.07, 6.45) is 0. The molecule has 0 fully saturated rings. The van der Waals surface area contributed by atoms with E-state index in [9.17, 15) is 0 Å². The second-order valence-corrected chi connectivity index (χ2v) is 9.01. The standard InChI is InChI=1S/C32H18O/c1-3-19-7-11-23-15-27(16-24-12-8-20(4-1)29(19)31(23)24)33-28-17-25-13-9-21-5-2-6-22-10-14-26(18-28)32(25)30(21)22/h1-18H. The molecule has 0 heterocycles. The minimum absolute atomic E-state index is 0.869. The fourth-order valence-corrected chi connectivity index (χ4v) is 5.70. The molecule has 1 heteroatoms. The quantitative estimate of drug-likeness (QED) is 0.254. The van der Waals surface area contributed by atoms with Crippen molar-refractivity contribution in [1.29, 1.82) is 0 Å². The summed E-state index contributed by atoms with van der Waals surface area (Å²) in [5, 5.41) is 15.3. The highest BCUT2D eigenvalue weighted by atomic mass is 16.5. The van der Waals surface area contributed by atoms with Gasteiger partial charge in [0, 0.05) is 0 Å². The van der Waals surface area contributed by atoms with Gasteiger partial charge >= 0.3 is 0 Å². The van der Waals surface area contributed by atoms with E-state index >= 15 is 0 Å². The first-order valence-corrected chi connectivity index (χ1v) is 11.3. The lowest BCUT2D eigenvalue weighted by molar-refractivity contribution is 0.485. The van der Waals surface area contributed by atoms with Gasteiger partial charge < -0.3 is 4.74 Å². The van der Waals surface area contributed by atoms with Gasteiger partial charge in [-0.3, -0.25) is 0 Å². The molecule has 0 spiro atoms. The SMILES string of the molecule is c1cc2ccc3cc(Oc4cc5ccc6cccc7ccc(c4)c5c67)cc4ccc(c1)c2c34. The average molecular weight is 418 g/mol. The number of hydrogen-bond acceptors (Lipinski definition) is 1. The summed E-state index contributed by atoms with van der Waals surface area (Å²) in [4.78, 5) is 0. The smallest absolute Gasteiger partial charge is 0.128 e. The molecule has 0 radical (unpaired) electrons. The molecule has 0 saturated heterocycles. The van der Waals surface area contributed by atoms with Crippen LogP contribution < -0.4 is 4.74 Å². The van der Waals surface area contributed by atoms with Crippen LogP contribution in [0.3, 0.4) is 0 Å². The Morgan fingerprint density at radius 1 is 0.303 bits per heavy atom. The van der Waals surface area contributed by atoms with Gasteiger partial charge in [-0.1, -0.05) is 84.9 Å². The van der Waals surface area contributed by atoms with Gasteiger partial charge in [0.2, 0.25) is 0 Å². The molecule has 0 aliphatic heterocycles. The number of hydrogen-bond donors (Lipinski definition) is 0. The maximum atomic E-state index is 6.48. The lowest BCUT2D eigenvalue weighted by Crippen LogP contribution is -1.89. The maximum absolute atomic E-state index is 6.48. The maximum Gasteiger partial charge on any atom is 0.128 e. The largest absolute Gasteiger partial charge is 0.457 e. The second-order valence-electron chi connectivity index (χ2n) is 9.01. The molecule has 0 aliphatic rings. The van der Waals surface area contributed by atoms with Gasteiger partial charge in [-0.25, -0.2) is 0 Å². The Morgan fingerprint density at radius 3 is 0.909 bits per heavy atom. The van der Waals surface area contributed by atoms with Crippen LogP contribution in [0.4, 0.5) is 0 Å². The fraction of sp³-hybridized carbons (Fsp3) is 0. The summed E-state index contributed by atoms with van der Waals surface area (Å²) in [5.41, 5.74) is 0. The molecule has 0 unspecified atom stereocenters. The molecule has 0 bridgehead atoms. The Morgan fingerprint density at radius 2 is 0.576 bits per heavy atom. The van der Waals surface area contributed by atoms with Crippen LogP contribution in [0.25, 0.3) is 64.6 Å². The van der Waals surface area contributed by atoms with Crippen LogP contribution in [0.15, 0.2) is 109 Å². The summed E-state index contributed by atoms with van der Waals surface area (Å²) in [6.45, 7) is 0. The molecule has 1 nitrogen and oxygen atoms in total. The normalized spacial score (nSPS) is 12.2. The van der Waals surface area contributed by atoms with Gasteiger partial charge in [0.25, 0.3) is 0 Å². The topological polar surface area (TPSA) is 9.23 Å². The van der Waals surface area contributed by atoms with Crippen LogP contribution in [0.2, 0.25) is 0 Å². The molecule has 8 rings (SSSR count). The zero-order valence-corrected chi connectivity index (χ0v) is 17.8. The van der Waals surface area contributed by atoms with Crippen LogP contribution in [0.1, 0.15) is 0 Å². The van der Waals surface area contributed by atoms with Gasteiger partial charge in [-0.05, 0) is 88.9 Å². The van der Waals surface area contributed by atoms with Crippen molar-refractivity contribution in [2.45, 2.75) is 0 Å². The summed E-state index contributed by atoms with van der Waals surface area (Å²) in [5.74, 6) is 1.74. The van der Waals surface area contributed by atoms with E-state index in [0.29, 0.717) is 0 Å². The van der Waals surface area contributed by atoms with Crippen LogP contribution in [0.5, 0.6) is 11.5 Å². The summed E-state index contributed by atoms with van der Waals surface area (Å²) in [6, 6.07) is 39.3. The highest BCUT2D eigenvalue weighted by Gasteiger charge is 2.12. The molecule has 0 aliphatic carbocycles. The molecular weight excluding hydrogens is 400 g/mol. The van der Waals surface area contributed by atoms with E-state index in [1.807, 2.05) is 0 Å². The van der Waals surface area contributed by atoms with Crippen molar-refractivity contribution >= 4 is 64.6 Å². The lowest BCUT2D eigenvalue weighted by Gasteiger charge is -2.15. The van der Waals surface area contributed by atoms with Crippen LogP contribution in [-0.2, 0) is 0 Å². The number of benzene rings is 8. The third-order valence-corrected chi connectivity index (χ3v) is 7.11. The zero-order chi connectivity index (χ0) is 21.5. The Hall–Kier alpha value is -4.36. The molecule has 0 aromatic heterocycles. The Balaban J connectivity index is 1.32. The Kier molecular flexibility index (Phi) is 3.19. The molecule has 8 aromatic rings. The molecule has 33 heavy (non-hydrogen) atoms. The molecule has 0 atom stereocenters. The molecule has 0 saturated carbocycles. The van der Waals surface area contributed by atoms with Crippen molar-refractivity contribution in [2.75, 3.05) is 0 Å². The van der Waals surface area contributed by atoms with Crippen molar-refractivity contribution in [3.05, 3.63) is 109 Å². The van der Waals surface area contributed by atoms with Gasteiger partial charge in [0.05, 0.1) is 0 Å². The van der Waals surface area contributed by atoms with Gasteiger partial charge in [-0.15, -0.1) is 0 Å². The minimum Gasteiger partial charge on any atom is -0.457 e. The Labute approximate surface area is 190 Å². The zero-order valence-electron chi connectivity index (χ0n) is 17.8. The number of rotatable bonds is 2. The first-order valence-electron chi connectivity index (χ1n) is 11.3. The predicted molar refractivity (Wildman–Crippen MR) is 140 cm³/mol. The number of ether oxygens (including phenoxy) is 1. The summed E-state index contributed by atoms with van der Waals surface area (Å²) in [7, 11) is 0. The first kappa shape index (κ1) is 17.2. The van der Waals surface area contributed by atoms with Crippen molar-refractivity contribution in [3.8, 4) is 11.5 Å². The highest BCUT2D eigenvalue weighted by Crippen LogP contribution is 2.40. The molecule has 0 amide bonds. The Bertz CT molecular complexity index is 1720. The summed E-state index contributed by atoms with van der Waals surface area (Å²) < 4.78 is 6.48. The monoisotopic (exact) mass is 418 g/mol. The van der Waals surface area contributed by atoms with Crippen molar-refractivity contribution < 1.29 is 4.74 Å². The van der Waals surface area contributed by atoms with E-state index in [4.69, 9.17) is 4.74 Å². The van der Waals surface area contributed by atoms with Crippen molar-refractivity contribution in [2.24, 2.45) is 0 Å². The van der Waals surface area contributed by atoms with Crippen molar-refractivity contribution in [3.63, 3.8) is 0 Å². The first-order chi connectivity index (χ1) is 16.3. The second kappa shape index (κ2) is 6.11. The average Bonchev–Trinajstić information content (AvgIpc) is 2.85. The molecule has 8 aromatic carbocycles. The van der Waals surface area contributed by atoms with E-state index in [0.717, 1.165) is 11.5 Å². The fourth-order valence-electron chi connectivity index (χ4n) is 5.70. The molecular formula is C32H18O. The van der Waals surface area contributed by atoms with E-state index in [1.165, 1.54) is 64.6 Å². The third-order valence-electron chi connectivity index (χ3n) is 7.11. The highest BCUT2D eigenvalue weighted by molar-refractivity contribution is 6.24. The van der Waals surface area contributed by atoms with Crippen LogP contribution in [-0.4, -0.2) is 0 Å². The predicted octanol–water partition coefficient (Wildman–Crippen LogP) is 9.27. The van der Waals surface area contributed by atoms with E-state index in [2.05, 4.69) is 109 Å². The molecule has 152 valence electrons. The van der Waals surface area contributed by atoms with E-state index in [1.54, 1.807) is 0 Å². The van der Waals surface area contributed by atoms with E-state index in [-0.39, 0.29) is 0 Å². The van der Waals surface area contributed by atoms with Gasteiger partial charge in [0.15, 0.2) is 0 Å².